The van der Waals surface area contributed by atoms with E-state index >= 15 is 0 Å². The first-order valence-electron chi connectivity index (χ1n) is 13.7. The Kier molecular flexibility index (Phi) is 8.98. The highest BCUT2D eigenvalue weighted by Gasteiger charge is 2.17. The Bertz CT molecular complexity index is 1540. The van der Waals surface area contributed by atoms with E-state index in [1.165, 1.54) is 5.56 Å². The summed E-state index contributed by atoms with van der Waals surface area (Å²) in [7, 11) is 0. The molecule has 0 saturated carbocycles. The van der Waals surface area contributed by atoms with Crippen molar-refractivity contribution >= 4 is 29.0 Å². The number of rotatable bonds is 14. The number of aliphatic carboxylic acids is 1. The molecule has 0 aliphatic carbocycles. The molecular formula is C32H33N5O3. The SMILES string of the molecule is O=C(O)CCCn1c(/C=C/c2ccc(OCCCCc3ccccc3)cc2)c(Cc2nn[nH]n2)c2ccccc21. The van der Waals surface area contributed by atoms with E-state index < -0.39 is 5.97 Å². The molecule has 204 valence electrons. The average molecular weight is 536 g/mol. The second-order valence-electron chi connectivity index (χ2n) is 9.73. The molecule has 0 bridgehead atoms. The van der Waals surface area contributed by atoms with Gasteiger partial charge in [0.1, 0.15) is 5.75 Å². The number of hydrogen-bond acceptors (Lipinski definition) is 5. The molecule has 0 atom stereocenters. The molecule has 8 heteroatoms. The Labute approximate surface area is 233 Å². The summed E-state index contributed by atoms with van der Waals surface area (Å²) in [4.78, 5) is 11.2. The normalized spacial score (nSPS) is 11.4. The van der Waals surface area contributed by atoms with Gasteiger partial charge < -0.3 is 14.4 Å². The maximum Gasteiger partial charge on any atom is 0.303 e. The van der Waals surface area contributed by atoms with E-state index in [0.717, 1.165) is 52.7 Å². The standard InChI is InChI=1S/C32H33N5O3/c38-32(39)14-8-21-37-29-13-5-4-12-27(29)28(23-31-33-35-36-34-31)30(37)20-17-25-15-18-26(19-16-25)40-22-7-6-11-24-9-2-1-3-10-24/h1-5,9-10,12-13,15-20H,6-8,11,14,21-23H2,(H,38,39)(H,33,34,35,36)/b20-17+. The second-order valence-corrected chi connectivity index (χ2v) is 9.73. The second kappa shape index (κ2) is 13.4. The first-order valence-corrected chi connectivity index (χ1v) is 13.7. The first kappa shape index (κ1) is 26.9. The Morgan fingerprint density at radius 1 is 0.925 bits per heavy atom. The van der Waals surface area contributed by atoms with Crippen LogP contribution in [0.5, 0.6) is 5.75 Å². The van der Waals surface area contributed by atoms with Gasteiger partial charge in [-0.25, -0.2) is 0 Å². The van der Waals surface area contributed by atoms with Crippen molar-refractivity contribution in [1.29, 1.82) is 0 Å². The molecule has 40 heavy (non-hydrogen) atoms. The number of carboxylic acids is 1. The van der Waals surface area contributed by atoms with Crippen LogP contribution in [-0.4, -0.2) is 42.9 Å². The van der Waals surface area contributed by atoms with Gasteiger partial charge in [-0.15, -0.1) is 10.2 Å². The minimum atomic E-state index is -0.793. The van der Waals surface area contributed by atoms with Gasteiger partial charge in [0.25, 0.3) is 0 Å². The van der Waals surface area contributed by atoms with E-state index in [1.54, 1.807) is 0 Å². The summed E-state index contributed by atoms with van der Waals surface area (Å²) < 4.78 is 8.15. The van der Waals surface area contributed by atoms with E-state index in [9.17, 15) is 9.90 Å². The Hall–Kier alpha value is -4.72. The van der Waals surface area contributed by atoms with Gasteiger partial charge in [0, 0.05) is 36.0 Å². The summed E-state index contributed by atoms with van der Waals surface area (Å²) in [6.07, 6.45) is 8.50. The highest BCUT2D eigenvalue weighted by atomic mass is 16.5. The molecule has 0 unspecified atom stereocenters. The molecule has 5 rings (SSSR count). The highest BCUT2D eigenvalue weighted by molar-refractivity contribution is 5.90. The van der Waals surface area contributed by atoms with Gasteiger partial charge in [0.15, 0.2) is 5.82 Å². The van der Waals surface area contributed by atoms with Crippen molar-refractivity contribution in [2.45, 2.75) is 45.1 Å². The van der Waals surface area contributed by atoms with E-state index in [-0.39, 0.29) is 6.42 Å². The van der Waals surface area contributed by atoms with Gasteiger partial charge in [-0.1, -0.05) is 72.0 Å². The molecule has 0 aliphatic heterocycles. The van der Waals surface area contributed by atoms with Crippen molar-refractivity contribution in [3.05, 3.63) is 107 Å². The van der Waals surface area contributed by atoms with Gasteiger partial charge in [-0.2, -0.15) is 5.21 Å². The lowest BCUT2D eigenvalue weighted by Gasteiger charge is -2.09. The maximum atomic E-state index is 11.2. The van der Waals surface area contributed by atoms with Crippen LogP contribution in [-0.2, 0) is 24.2 Å². The van der Waals surface area contributed by atoms with Crippen LogP contribution >= 0.6 is 0 Å². The lowest BCUT2D eigenvalue weighted by Crippen LogP contribution is -2.04. The zero-order valence-electron chi connectivity index (χ0n) is 22.4. The largest absolute Gasteiger partial charge is 0.494 e. The summed E-state index contributed by atoms with van der Waals surface area (Å²) in [6, 6.07) is 26.8. The fourth-order valence-corrected chi connectivity index (χ4v) is 4.93. The predicted octanol–water partition coefficient (Wildman–Crippen LogP) is 6.18. The summed E-state index contributed by atoms with van der Waals surface area (Å²) >= 11 is 0. The number of fused-ring (bicyclic) bond motifs is 1. The fraction of sp³-hybridized carbons (Fsp3) is 0.250. The molecule has 2 heterocycles. The predicted molar refractivity (Wildman–Crippen MR) is 156 cm³/mol. The van der Waals surface area contributed by atoms with E-state index in [2.05, 4.69) is 73.7 Å². The summed E-state index contributed by atoms with van der Waals surface area (Å²) in [5.74, 6) is 0.671. The molecule has 0 amide bonds. The molecule has 0 aliphatic rings. The topological polar surface area (TPSA) is 106 Å². The van der Waals surface area contributed by atoms with Gasteiger partial charge in [-0.3, -0.25) is 4.79 Å². The Balaban J connectivity index is 1.29. The number of nitrogens with zero attached hydrogens (tertiary/aromatic N) is 4. The quantitative estimate of drug-likeness (QED) is 0.164. The molecule has 8 nitrogen and oxygen atoms in total. The zero-order valence-corrected chi connectivity index (χ0v) is 22.4. The number of unbranched alkanes of at least 4 members (excludes halogenated alkanes) is 1. The number of carbonyl (C=O) groups is 1. The van der Waals surface area contributed by atoms with Crippen molar-refractivity contribution in [2.24, 2.45) is 0 Å². The molecule has 0 radical (unpaired) electrons. The lowest BCUT2D eigenvalue weighted by molar-refractivity contribution is -0.137. The molecule has 2 N–H and O–H groups in total. The molecular weight excluding hydrogens is 502 g/mol. The smallest absolute Gasteiger partial charge is 0.303 e. The minimum Gasteiger partial charge on any atom is -0.494 e. The molecule has 5 aromatic rings. The van der Waals surface area contributed by atoms with Crippen LogP contribution in [0.3, 0.4) is 0 Å². The van der Waals surface area contributed by atoms with Crippen LogP contribution in [0.4, 0.5) is 0 Å². The number of carboxylic acid groups (broad SMARTS) is 1. The number of aryl methyl sites for hydroxylation is 2. The summed E-state index contributed by atoms with van der Waals surface area (Å²) in [5.41, 5.74) is 5.56. The van der Waals surface area contributed by atoms with E-state index in [4.69, 9.17) is 4.74 Å². The number of benzene rings is 3. The van der Waals surface area contributed by atoms with Crippen molar-refractivity contribution < 1.29 is 14.6 Å². The Morgan fingerprint density at radius 2 is 1.73 bits per heavy atom. The molecule has 0 saturated heterocycles. The van der Waals surface area contributed by atoms with Crippen LogP contribution < -0.4 is 4.74 Å². The fourth-order valence-electron chi connectivity index (χ4n) is 4.93. The number of tetrazole rings is 1. The van der Waals surface area contributed by atoms with Crippen LogP contribution in [0.2, 0.25) is 0 Å². The highest BCUT2D eigenvalue weighted by Crippen LogP contribution is 2.30. The maximum absolute atomic E-state index is 11.2. The first-order chi connectivity index (χ1) is 19.7. The monoisotopic (exact) mass is 535 g/mol. The molecule has 3 aromatic carbocycles. The number of para-hydroxylation sites is 1. The van der Waals surface area contributed by atoms with Gasteiger partial charge >= 0.3 is 5.97 Å². The van der Waals surface area contributed by atoms with Gasteiger partial charge in [0.2, 0.25) is 0 Å². The number of nitrogens with one attached hydrogen (secondary N) is 1. The summed E-state index contributed by atoms with van der Waals surface area (Å²) in [6.45, 7) is 1.29. The van der Waals surface area contributed by atoms with Crippen molar-refractivity contribution in [3.8, 4) is 5.75 Å². The number of aromatic nitrogens is 5. The number of hydrogen-bond donors (Lipinski definition) is 2. The number of H-pyrrole nitrogens is 1. The minimum absolute atomic E-state index is 0.115. The molecule has 0 spiro atoms. The third kappa shape index (κ3) is 7.02. The van der Waals surface area contributed by atoms with E-state index in [0.29, 0.717) is 31.8 Å². The third-order valence-corrected chi connectivity index (χ3v) is 6.90. The van der Waals surface area contributed by atoms with E-state index in [1.807, 2.05) is 42.5 Å². The summed E-state index contributed by atoms with van der Waals surface area (Å²) in [5, 5.41) is 24.9. The van der Waals surface area contributed by atoms with Crippen molar-refractivity contribution in [2.75, 3.05) is 6.61 Å². The van der Waals surface area contributed by atoms with Gasteiger partial charge in [-0.05, 0) is 66.6 Å². The lowest BCUT2D eigenvalue weighted by atomic mass is 10.1. The number of ether oxygens (including phenoxy) is 1. The van der Waals surface area contributed by atoms with Crippen molar-refractivity contribution in [3.63, 3.8) is 0 Å². The third-order valence-electron chi connectivity index (χ3n) is 6.90. The molecule has 0 fully saturated rings. The number of aromatic amines is 1. The van der Waals surface area contributed by atoms with Crippen LogP contribution in [0.25, 0.3) is 23.1 Å². The van der Waals surface area contributed by atoms with Crippen LogP contribution in [0.1, 0.15) is 53.9 Å². The van der Waals surface area contributed by atoms with Gasteiger partial charge in [0.05, 0.1) is 6.61 Å². The Morgan fingerprint density at radius 3 is 2.50 bits per heavy atom. The van der Waals surface area contributed by atoms with Crippen molar-refractivity contribution in [1.82, 2.24) is 25.2 Å². The van der Waals surface area contributed by atoms with Crippen LogP contribution in [0, 0.1) is 0 Å². The zero-order chi connectivity index (χ0) is 27.6. The molecule has 2 aromatic heterocycles. The van der Waals surface area contributed by atoms with Crippen LogP contribution in [0.15, 0.2) is 78.9 Å². The average Bonchev–Trinajstić information content (AvgIpc) is 3.59.